The van der Waals surface area contributed by atoms with Crippen LogP contribution in [0, 0.1) is 0 Å². The molecule has 5 nitrogen and oxygen atoms in total. The minimum absolute atomic E-state index is 0.0390. The van der Waals surface area contributed by atoms with Crippen molar-refractivity contribution in [1.82, 2.24) is 4.90 Å². The molecule has 6 heteroatoms. The Labute approximate surface area is 124 Å². The van der Waals surface area contributed by atoms with Crippen molar-refractivity contribution >= 4 is 21.5 Å². The molecule has 0 atom stereocenters. The van der Waals surface area contributed by atoms with Crippen LogP contribution in [0.15, 0.2) is 29.2 Å². The highest BCUT2D eigenvalue weighted by Gasteiger charge is 2.26. The van der Waals surface area contributed by atoms with Gasteiger partial charge in [-0.3, -0.25) is 9.59 Å². The monoisotopic (exact) mass is 309 g/mol. The minimum Gasteiger partial charge on any atom is -0.339 e. The van der Waals surface area contributed by atoms with E-state index in [0.29, 0.717) is 31.2 Å². The SMILES string of the molecule is CN(C(=O)c1cccc(S(C)(=O)=O)c1)C1CCC(=O)CC1. The number of sulfone groups is 1. The van der Waals surface area contributed by atoms with Crippen molar-refractivity contribution in [3.63, 3.8) is 0 Å². The standard InChI is InChI=1S/C15H19NO4S/c1-16(12-6-8-13(17)9-7-12)15(18)11-4-3-5-14(10-11)21(2,19)20/h3-5,10,12H,6-9H2,1-2H3. The van der Waals surface area contributed by atoms with Crippen LogP contribution in [-0.4, -0.2) is 44.4 Å². The molecule has 1 aromatic carbocycles. The molecule has 1 amide bonds. The van der Waals surface area contributed by atoms with Crippen LogP contribution in [-0.2, 0) is 14.6 Å². The van der Waals surface area contributed by atoms with Crippen LogP contribution < -0.4 is 0 Å². The number of Topliss-reactive ketones (excluding diaryl/α,β-unsaturated/α-hetero) is 1. The second-order valence-corrected chi connectivity index (χ2v) is 7.50. The Hall–Kier alpha value is -1.69. The first kappa shape index (κ1) is 15.7. The van der Waals surface area contributed by atoms with Crippen LogP contribution in [0.1, 0.15) is 36.0 Å². The van der Waals surface area contributed by atoms with E-state index < -0.39 is 9.84 Å². The molecule has 0 heterocycles. The molecule has 0 radical (unpaired) electrons. The third kappa shape index (κ3) is 3.69. The zero-order valence-corrected chi connectivity index (χ0v) is 13.0. The molecule has 21 heavy (non-hydrogen) atoms. The summed E-state index contributed by atoms with van der Waals surface area (Å²) in [7, 11) is -1.63. The molecule has 1 saturated carbocycles. The fourth-order valence-corrected chi connectivity index (χ4v) is 3.21. The quantitative estimate of drug-likeness (QED) is 0.851. The lowest BCUT2D eigenvalue weighted by Gasteiger charge is -2.30. The summed E-state index contributed by atoms with van der Waals surface area (Å²) >= 11 is 0. The van der Waals surface area contributed by atoms with Gasteiger partial charge < -0.3 is 4.90 Å². The number of ketones is 1. The summed E-state index contributed by atoms with van der Waals surface area (Å²) in [6.07, 6.45) is 3.48. The molecular weight excluding hydrogens is 290 g/mol. The van der Waals surface area contributed by atoms with Gasteiger partial charge in [0.2, 0.25) is 0 Å². The molecule has 0 aliphatic heterocycles. The maximum Gasteiger partial charge on any atom is 0.253 e. The normalized spacial score (nSPS) is 16.8. The summed E-state index contributed by atoms with van der Waals surface area (Å²) in [4.78, 5) is 25.5. The van der Waals surface area contributed by atoms with E-state index in [9.17, 15) is 18.0 Å². The molecule has 1 aliphatic carbocycles. The number of nitrogens with zero attached hydrogens (tertiary/aromatic N) is 1. The van der Waals surface area contributed by atoms with E-state index in [4.69, 9.17) is 0 Å². The Balaban J connectivity index is 2.18. The summed E-state index contributed by atoms with van der Waals surface area (Å²) < 4.78 is 23.1. The van der Waals surface area contributed by atoms with Gasteiger partial charge >= 0.3 is 0 Å². The largest absolute Gasteiger partial charge is 0.339 e. The summed E-state index contributed by atoms with van der Waals surface area (Å²) in [6, 6.07) is 6.11. The number of hydrogen-bond donors (Lipinski definition) is 0. The number of rotatable bonds is 3. The van der Waals surface area contributed by atoms with Crippen LogP contribution in [0.3, 0.4) is 0 Å². The van der Waals surface area contributed by atoms with Crippen molar-refractivity contribution in [2.75, 3.05) is 13.3 Å². The predicted molar refractivity (Wildman–Crippen MR) is 78.9 cm³/mol. The minimum atomic E-state index is -3.33. The zero-order chi connectivity index (χ0) is 15.6. The highest BCUT2D eigenvalue weighted by atomic mass is 32.2. The molecule has 1 fully saturated rings. The Morgan fingerprint density at radius 1 is 1.24 bits per heavy atom. The average molecular weight is 309 g/mol. The lowest BCUT2D eigenvalue weighted by Crippen LogP contribution is -2.39. The van der Waals surface area contributed by atoms with E-state index >= 15 is 0 Å². The molecule has 0 spiro atoms. The maximum absolute atomic E-state index is 12.5. The van der Waals surface area contributed by atoms with Gasteiger partial charge in [0, 0.05) is 37.8 Å². The number of hydrogen-bond acceptors (Lipinski definition) is 4. The van der Waals surface area contributed by atoms with Gasteiger partial charge in [-0.05, 0) is 31.0 Å². The smallest absolute Gasteiger partial charge is 0.253 e. The summed E-state index contributed by atoms with van der Waals surface area (Å²) in [5.41, 5.74) is 0.359. The highest BCUT2D eigenvalue weighted by Crippen LogP contribution is 2.21. The van der Waals surface area contributed by atoms with E-state index in [-0.39, 0.29) is 22.6 Å². The number of carbonyl (C=O) groups is 2. The van der Waals surface area contributed by atoms with E-state index in [1.807, 2.05) is 0 Å². The number of carbonyl (C=O) groups excluding carboxylic acids is 2. The Bertz CT molecular complexity index is 656. The summed E-state index contributed by atoms with van der Waals surface area (Å²) in [6.45, 7) is 0. The van der Waals surface area contributed by atoms with Crippen molar-refractivity contribution in [1.29, 1.82) is 0 Å². The first-order chi connectivity index (χ1) is 9.79. The third-order valence-corrected chi connectivity index (χ3v) is 5.00. The van der Waals surface area contributed by atoms with Crippen LogP contribution in [0.5, 0.6) is 0 Å². The van der Waals surface area contributed by atoms with Gasteiger partial charge in [0.15, 0.2) is 9.84 Å². The van der Waals surface area contributed by atoms with Gasteiger partial charge in [-0.2, -0.15) is 0 Å². The number of amides is 1. The van der Waals surface area contributed by atoms with Crippen molar-refractivity contribution < 1.29 is 18.0 Å². The highest BCUT2D eigenvalue weighted by molar-refractivity contribution is 7.90. The molecule has 114 valence electrons. The van der Waals surface area contributed by atoms with Gasteiger partial charge in [-0.15, -0.1) is 0 Å². The summed E-state index contributed by atoms with van der Waals surface area (Å²) in [5, 5.41) is 0. The van der Waals surface area contributed by atoms with Crippen LogP contribution in [0.25, 0.3) is 0 Å². The zero-order valence-electron chi connectivity index (χ0n) is 12.2. The fraction of sp³-hybridized carbons (Fsp3) is 0.467. The topological polar surface area (TPSA) is 71.5 Å². The Kier molecular flexibility index (Phi) is 4.46. The Morgan fingerprint density at radius 2 is 1.86 bits per heavy atom. The lowest BCUT2D eigenvalue weighted by atomic mass is 9.93. The first-order valence-corrected chi connectivity index (χ1v) is 8.77. The Morgan fingerprint density at radius 3 is 2.43 bits per heavy atom. The van der Waals surface area contributed by atoms with E-state index in [1.165, 1.54) is 12.1 Å². The van der Waals surface area contributed by atoms with Gasteiger partial charge in [-0.25, -0.2) is 8.42 Å². The van der Waals surface area contributed by atoms with Crippen LogP contribution in [0.4, 0.5) is 0 Å². The molecule has 0 unspecified atom stereocenters. The molecule has 0 bridgehead atoms. The van der Waals surface area contributed by atoms with Crippen molar-refractivity contribution in [3.05, 3.63) is 29.8 Å². The van der Waals surface area contributed by atoms with E-state index in [2.05, 4.69) is 0 Å². The summed E-state index contributed by atoms with van der Waals surface area (Å²) in [5.74, 6) is 0.0334. The lowest BCUT2D eigenvalue weighted by molar-refractivity contribution is -0.121. The van der Waals surface area contributed by atoms with Crippen LogP contribution in [0.2, 0.25) is 0 Å². The van der Waals surface area contributed by atoms with E-state index in [0.717, 1.165) is 6.26 Å². The molecule has 1 aromatic rings. The van der Waals surface area contributed by atoms with Crippen LogP contribution >= 0.6 is 0 Å². The molecule has 0 aromatic heterocycles. The van der Waals surface area contributed by atoms with Gasteiger partial charge in [-0.1, -0.05) is 6.07 Å². The van der Waals surface area contributed by atoms with Gasteiger partial charge in [0.05, 0.1) is 4.90 Å². The average Bonchev–Trinajstić information content (AvgIpc) is 2.46. The molecular formula is C15H19NO4S. The predicted octanol–water partition coefficient (Wildman–Crippen LogP) is 1.67. The molecule has 0 saturated heterocycles. The number of benzene rings is 1. The first-order valence-electron chi connectivity index (χ1n) is 6.88. The van der Waals surface area contributed by atoms with E-state index in [1.54, 1.807) is 24.1 Å². The van der Waals surface area contributed by atoms with Crippen molar-refractivity contribution in [2.24, 2.45) is 0 Å². The maximum atomic E-state index is 12.5. The second-order valence-electron chi connectivity index (χ2n) is 5.49. The molecule has 1 aliphatic rings. The second kappa shape index (κ2) is 5.97. The van der Waals surface area contributed by atoms with Gasteiger partial charge in [0.25, 0.3) is 5.91 Å². The van der Waals surface area contributed by atoms with Crippen molar-refractivity contribution in [3.8, 4) is 0 Å². The van der Waals surface area contributed by atoms with Crippen molar-refractivity contribution in [2.45, 2.75) is 36.6 Å². The van der Waals surface area contributed by atoms with Gasteiger partial charge in [0.1, 0.15) is 5.78 Å². The third-order valence-electron chi connectivity index (χ3n) is 3.89. The molecule has 2 rings (SSSR count). The fourth-order valence-electron chi connectivity index (χ4n) is 2.54. The molecule has 0 N–H and O–H groups in total.